The van der Waals surface area contributed by atoms with Crippen molar-refractivity contribution < 1.29 is 106 Å². The largest absolute Gasteiger partial charge is 0.465 e. The number of sulfonamides is 1. The average Bonchev–Trinajstić information content (AvgIpc) is 2.64. The summed E-state index contributed by atoms with van der Waals surface area (Å²) in [6.45, 7) is -2.88. The lowest BCUT2D eigenvalue weighted by atomic mass is 9.91. The molecule has 0 bridgehead atoms. The van der Waals surface area contributed by atoms with E-state index < -0.39 is 80.0 Å². The third-order valence-corrected chi connectivity index (χ3v) is 6.27. The fourth-order valence-corrected chi connectivity index (χ4v) is 3.62. The average molecular weight is 643 g/mol. The maximum atomic E-state index is 13.9. The highest BCUT2D eigenvalue weighted by Gasteiger charge is 2.96. The van der Waals surface area contributed by atoms with Crippen LogP contribution in [0.2, 0.25) is 0 Å². The Morgan fingerprint density at radius 2 is 0.763 bits per heavy atom. The highest BCUT2D eigenvalue weighted by molar-refractivity contribution is 7.90. The fraction of sp³-hybridized carbons (Fsp3) is 1.00. The van der Waals surface area contributed by atoms with Crippen LogP contribution in [0.25, 0.3) is 0 Å². The van der Waals surface area contributed by atoms with Gasteiger partial charge in [-0.15, -0.1) is 4.31 Å². The van der Waals surface area contributed by atoms with Crippen LogP contribution in [0, 0.1) is 0 Å². The molecule has 0 aliphatic rings. The zero-order valence-corrected chi connectivity index (χ0v) is 17.6. The zero-order valence-electron chi connectivity index (χ0n) is 16.8. The van der Waals surface area contributed by atoms with Crippen LogP contribution in [0.15, 0.2) is 0 Å². The zero-order chi connectivity index (χ0) is 31.8. The van der Waals surface area contributed by atoms with Gasteiger partial charge in [0.15, 0.2) is 0 Å². The Hall–Kier alpha value is -1.60. The maximum absolute atomic E-state index is 13.9. The van der Waals surface area contributed by atoms with Crippen molar-refractivity contribution in [2.24, 2.45) is 0 Å². The van der Waals surface area contributed by atoms with E-state index >= 15 is 0 Å². The van der Waals surface area contributed by atoms with Gasteiger partial charge in [0.25, 0.3) is 10.0 Å². The van der Waals surface area contributed by atoms with Gasteiger partial charge in [0, 0.05) is 6.54 Å². The van der Waals surface area contributed by atoms with Crippen molar-refractivity contribution in [3.8, 4) is 0 Å². The molecule has 230 valence electrons. The monoisotopic (exact) mass is 643 g/mol. The van der Waals surface area contributed by atoms with Gasteiger partial charge < -0.3 is 5.11 Å². The Morgan fingerprint density at radius 3 is 1.00 bits per heavy atom. The molecule has 0 aliphatic carbocycles. The van der Waals surface area contributed by atoms with Crippen LogP contribution in [0.5, 0.6) is 0 Å². The summed E-state index contributed by atoms with van der Waals surface area (Å²) in [7, 11) is -8.69. The van der Waals surface area contributed by atoms with E-state index in [1.807, 2.05) is 0 Å². The second-order valence-electron chi connectivity index (χ2n) is 6.72. The third kappa shape index (κ3) is 4.40. The summed E-state index contributed by atoms with van der Waals surface area (Å²) in [5, 5.41) is 0.00588. The first kappa shape index (κ1) is 36.4. The molecule has 0 amide bonds. The summed E-state index contributed by atoms with van der Waals surface area (Å²) >= 11 is 0. The number of halogens is 21. The molecule has 0 saturated heterocycles. The number of hydrogen-bond acceptors (Lipinski definition) is 3. The number of alkyl halides is 21. The van der Waals surface area contributed by atoms with Gasteiger partial charge in [-0.25, -0.2) is 8.42 Å². The molecule has 0 aliphatic heterocycles. The van der Waals surface area contributed by atoms with Crippen molar-refractivity contribution in [2.75, 3.05) is 6.54 Å². The summed E-state index contributed by atoms with van der Waals surface area (Å²) in [5.41, 5.74) is 0. The predicted molar refractivity (Wildman–Crippen MR) is 74.1 cm³/mol. The standard InChI is InChI=1S/C12H6F21NO3S/c1-2-34(12(33,35)10(28,29)30)38(36,37)11(31,32)8(23,24)6(19,20)4(15,16)3(13,14)5(17,18)7(21,22)9(25,26)27/h35H,2H2,1H3. The van der Waals surface area contributed by atoms with Gasteiger partial charge in [-0.05, 0) is 0 Å². The Bertz CT molecular complexity index is 978. The van der Waals surface area contributed by atoms with E-state index in [1.54, 1.807) is 0 Å². The van der Waals surface area contributed by atoms with Crippen LogP contribution < -0.4 is 0 Å². The molecule has 1 N–H and O–H groups in total. The molecule has 0 aromatic carbocycles. The molecule has 1 unspecified atom stereocenters. The Labute approximate surface area is 194 Å². The van der Waals surface area contributed by atoms with Crippen molar-refractivity contribution in [3.63, 3.8) is 0 Å². The topological polar surface area (TPSA) is 57.6 Å². The Morgan fingerprint density at radius 1 is 0.500 bits per heavy atom. The van der Waals surface area contributed by atoms with Crippen LogP contribution in [-0.4, -0.2) is 83.5 Å². The van der Waals surface area contributed by atoms with Crippen molar-refractivity contribution in [1.82, 2.24) is 4.31 Å². The lowest BCUT2D eigenvalue weighted by molar-refractivity contribution is -0.458. The molecule has 0 spiro atoms. The van der Waals surface area contributed by atoms with E-state index in [2.05, 4.69) is 0 Å². The molecule has 0 heterocycles. The second-order valence-corrected chi connectivity index (χ2v) is 8.62. The Balaban J connectivity index is 7.28. The molecule has 0 aromatic heterocycles. The van der Waals surface area contributed by atoms with E-state index in [0.717, 1.165) is 0 Å². The van der Waals surface area contributed by atoms with Crippen LogP contribution >= 0.6 is 0 Å². The Kier molecular flexibility index (Phi) is 8.58. The highest BCUT2D eigenvalue weighted by Crippen LogP contribution is 2.64. The normalized spacial score (nSPS) is 18.1. The maximum Gasteiger partial charge on any atom is 0.465 e. The van der Waals surface area contributed by atoms with E-state index in [1.165, 1.54) is 0 Å². The number of hydrogen-bond donors (Lipinski definition) is 1. The van der Waals surface area contributed by atoms with E-state index in [9.17, 15) is 101 Å². The smallest absolute Gasteiger partial charge is 0.342 e. The lowest BCUT2D eigenvalue weighted by Crippen LogP contribution is -2.75. The molecule has 0 aromatic rings. The molecule has 0 fully saturated rings. The van der Waals surface area contributed by atoms with Gasteiger partial charge in [-0.3, -0.25) is 0 Å². The molecule has 26 heteroatoms. The summed E-state index contributed by atoms with van der Waals surface area (Å²) < 4.78 is 294. The van der Waals surface area contributed by atoms with Crippen molar-refractivity contribution >= 4 is 10.0 Å². The molecule has 38 heavy (non-hydrogen) atoms. The van der Waals surface area contributed by atoms with Gasteiger partial charge >= 0.3 is 59.1 Å². The van der Waals surface area contributed by atoms with Crippen molar-refractivity contribution in [3.05, 3.63) is 0 Å². The fourth-order valence-electron chi connectivity index (χ4n) is 2.13. The van der Waals surface area contributed by atoms with E-state index in [0.29, 0.717) is 0 Å². The molecule has 0 rings (SSSR count). The molecular weight excluding hydrogens is 637 g/mol. The number of rotatable bonds is 10. The quantitative estimate of drug-likeness (QED) is 0.187. The number of nitrogens with zero attached hydrogens (tertiary/aromatic N) is 1. The molecule has 0 radical (unpaired) electrons. The van der Waals surface area contributed by atoms with Crippen LogP contribution in [-0.2, 0) is 10.0 Å². The van der Waals surface area contributed by atoms with Crippen LogP contribution in [0.3, 0.4) is 0 Å². The van der Waals surface area contributed by atoms with Gasteiger partial charge in [0.1, 0.15) is 0 Å². The minimum absolute atomic E-state index is 0.247. The third-order valence-electron chi connectivity index (χ3n) is 4.29. The van der Waals surface area contributed by atoms with Gasteiger partial charge in [-0.2, -0.15) is 92.2 Å². The van der Waals surface area contributed by atoms with E-state index in [4.69, 9.17) is 5.11 Å². The van der Waals surface area contributed by atoms with Crippen molar-refractivity contribution in [2.45, 2.75) is 66.0 Å². The molecule has 0 saturated carbocycles. The van der Waals surface area contributed by atoms with Crippen LogP contribution in [0.1, 0.15) is 6.92 Å². The summed E-state index contributed by atoms with van der Waals surface area (Å²) in [6, 6.07) is 0. The van der Waals surface area contributed by atoms with Gasteiger partial charge in [0.2, 0.25) is 0 Å². The first-order chi connectivity index (χ1) is 15.9. The summed E-state index contributed by atoms with van der Waals surface area (Å²) in [5.74, 6) is -60.7. The SMILES string of the molecule is CCN(C(O)(F)C(F)(F)F)S(=O)(=O)C(F)(F)C(F)(F)C(F)(F)C(F)(F)C(F)(F)C(F)(F)C(F)(F)C(F)(F)F. The summed E-state index contributed by atoms with van der Waals surface area (Å²) in [4.78, 5) is 0. The first-order valence-corrected chi connectivity index (χ1v) is 9.60. The minimum atomic E-state index is -9.23. The van der Waals surface area contributed by atoms with E-state index in [-0.39, 0.29) is 6.92 Å². The second kappa shape index (κ2) is 8.95. The van der Waals surface area contributed by atoms with Gasteiger partial charge in [-0.1, -0.05) is 6.92 Å². The lowest BCUT2D eigenvalue weighted by Gasteiger charge is -2.43. The first-order valence-electron chi connectivity index (χ1n) is 8.16. The summed E-state index contributed by atoms with van der Waals surface area (Å²) in [6.07, 6.45) is -15.2. The van der Waals surface area contributed by atoms with Crippen LogP contribution in [0.4, 0.5) is 92.2 Å². The molecule has 4 nitrogen and oxygen atoms in total. The van der Waals surface area contributed by atoms with Crippen molar-refractivity contribution in [1.29, 1.82) is 0 Å². The highest BCUT2D eigenvalue weighted by atomic mass is 32.2. The van der Waals surface area contributed by atoms with Gasteiger partial charge in [0.05, 0.1) is 0 Å². The predicted octanol–water partition coefficient (Wildman–Crippen LogP) is 5.78. The number of aliphatic hydroxyl groups is 1. The molecular formula is C12H6F21NO3S. The molecule has 1 atom stereocenters. The minimum Gasteiger partial charge on any atom is -0.342 e.